The number of carbonyl (C=O) groups excluding carboxylic acids is 2. The maximum absolute atomic E-state index is 13.6. The summed E-state index contributed by atoms with van der Waals surface area (Å²) in [5, 5.41) is 5.79. The van der Waals surface area contributed by atoms with Gasteiger partial charge in [-0.2, -0.15) is 0 Å². The molecule has 1 aliphatic heterocycles. The minimum Gasteiger partial charge on any atom is -0.345 e. The van der Waals surface area contributed by atoms with E-state index in [-0.39, 0.29) is 17.5 Å². The van der Waals surface area contributed by atoms with Crippen molar-refractivity contribution in [3.05, 3.63) is 29.6 Å². The van der Waals surface area contributed by atoms with E-state index in [4.69, 9.17) is 0 Å². The number of rotatable bonds is 3. The van der Waals surface area contributed by atoms with E-state index < -0.39 is 11.7 Å². The van der Waals surface area contributed by atoms with Crippen LogP contribution in [0.3, 0.4) is 0 Å². The lowest BCUT2D eigenvalue weighted by Crippen LogP contribution is -2.35. The topological polar surface area (TPSA) is 61.4 Å². The number of hydrogen-bond donors (Lipinski definition) is 2. The van der Waals surface area contributed by atoms with Gasteiger partial charge in [-0.1, -0.05) is 0 Å². The number of nitrogens with zero attached hydrogens (tertiary/aromatic N) is 1. The Bertz CT molecular complexity index is 525. The van der Waals surface area contributed by atoms with Gasteiger partial charge in [0.25, 0.3) is 5.91 Å². The lowest BCUT2D eigenvalue weighted by Gasteiger charge is -2.14. The van der Waals surface area contributed by atoms with Gasteiger partial charge in [-0.15, -0.1) is 0 Å². The fourth-order valence-electron chi connectivity index (χ4n) is 2.15. The first-order chi connectivity index (χ1) is 9.49. The molecule has 20 heavy (non-hydrogen) atoms. The largest absolute Gasteiger partial charge is 0.345 e. The maximum atomic E-state index is 13.6. The molecular formula is C14H18FN3O2. The molecule has 0 aromatic heterocycles. The quantitative estimate of drug-likeness (QED) is 0.874. The molecular weight excluding hydrogens is 261 g/mol. The number of benzene rings is 1. The van der Waals surface area contributed by atoms with Gasteiger partial charge < -0.3 is 15.5 Å². The highest BCUT2D eigenvalue weighted by Gasteiger charge is 2.22. The van der Waals surface area contributed by atoms with Crippen LogP contribution in [0.15, 0.2) is 18.2 Å². The molecule has 1 saturated heterocycles. The molecule has 1 aliphatic rings. The number of anilines is 1. The molecule has 0 radical (unpaired) electrons. The van der Waals surface area contributed by atoms with Crippen LogP contribution < -0.4 is 10.6 Å². The zero-order chi connectivity index (χ0) is 14.7. The number of hydrogen-bond acceptors (Lipinski definition) is 3. The van der Waals surface area contributed by atoms with Gasteiger partial charge in [0.1, 0.15) is 5.82 Å². The van der Waals surface area contributed by atoms with Crippen molar-refractivity contribution in [2.45, 2.75) is 18.9 Å². The molecule has 2 amide bonds. The van der Waals surface area contributed by atoms with Crippen LogP contribution in [0.25, 0.3) is 0 Å². The fourth-order valence-corrected chi connectivity index (χ4v) is 2.15. The van der Waals surface area contributed by atoms with Crippen LogP contribution in [-0.4, -0.2) is 43.4 Å². The first-order valence-corrected chi connectivity index (χ1v) is 6.54. The van der Waals surface area contributed by atoms with Crippen molar-refractivity contribution >= 4 is 17.5 Å². The van der Waals surface area contributed by atoms with Gasteiger partial charge in [-0.25, -0.2) is 4.39 Å². The molecule has 0 spiro atoms. The zero-order valence-electron chi connectivity index (χ0n) is 11.6. The molecule has 108 valence electrons. The Labute approximate surface area is 117 Å². The maximum Gasteiger partial charge on any atom is 0.256 e. The van der Waals surface area contributed by atoms with E-state index in [1.807, 2.05) is 0 Å². The van der Waals surface area contributed by atoms with Crippen molar-refractivity contribution in [1.82, 2.24) is 10.2 Å². The summed E-state index contributed by atoms with van der Waals surface area (Å²) >= 11 is 0. The molecule has 1 heterocycles. The summed E-state index contributed by atoms with van der Waals surface area (Å²) in [6, 6.07) is 3.79. The summed E-state index contributed by atoms with van der Waals surface area (Å²) in [4.78, 5) is 25.1. The smallest absolute Gasteiger partial charge is 0.256 e. The van der Waals surface area contributed by atoms with E-state index in [0.717, 1.165) is 19.4 Å². The monoisotopic (exact) mass is 279 g/mol. The summed E-state index contributed by atoms with van der Waals surface area (Å²) < 4.78 is 13.6. The molecule has 0 aliphatic carbocycles. The minimum atomic E-state index is -0.597. The van der Waals surface area contributed by atoms with Gasteiger partial charge in [0, 0.05) is 19.8 Å². The van der Waals surface area contributed by atoms with Crippen LogP contribution in [0, 0.1) is 5.82 Å². The lowest BCUT2D eigenvalue weighted by molar-refractivity contribution is -0.117. The normalized spacial score (nSPS) is 17.9. The Morgan fingerprint density at radius 3 is 2.75 bits per heavy atom. The number of nitrogens with one attached hydrogen (secondary N) is 2. The number of halogens is 1. The standard InChI is InChI=1S/C14H18FN3O2/c1-18(2)14(20)10-8-9(5-6-11(10)15)17-13(19)12-4-3-7-16-12/h5-6,8,12,16H,3-4,7H2,1-2H3,(H,17,19). The van der Waals surface area contributed by atoms with Crippen LogP contribution in [0.4, 0.5) is 10.1 Å². The third kappa shape index (κ3) is 3.14. The molecule has 0 bridgehead atoms. The molecule has 2 rings (SSSR count). The van der Waals surface area contributed by atoms with Crippen molar-refractivity contribution in [2.75, 3.05) is 26.0 Å². The van der Waals surface area contributed by atoms with Gasteiger partial charge in [-0.3, -0.25) is 9.59 Å². The van der Waals surface area contributed by atoms with Crippen LogP contribution in [0.1, 0.15) is 23.2 Å². The van der Waals surface area contributed by atoms with Gasteiger partial charge in [0.2, 0.25) is 5.91 Å². The summed E-state index contributed by atoms with van der Waals surface area (Å²) in [7, 11) is 3.10. The van der Waals surface area contributed by atoms with E-state index in [1.165, 1.54) is 23.1 Å². The molecule has 6 heteroatoms. The van der Waals surface area contributed by atoms with Gasteiger partial charge in [0.05, 0.1) is 11.6 Å². The number of carbonyl (C=O) groups is 2. The predicted molar refractivity (Wildman–Crippen MR) is 74.1 cm³/mol. The molecule has 5 nitrogen and oxygen atoms in total. The van der Waals surface area contributed by atoms with Gasteiger partial charge in [0.15, 0.2) is 0 Å². The summed E-state index contributed by atoms with van der Waals surface area (Å²) in [6.07, 6.45) is 1.75. The Kier molecular flexibility index (Phi) is 4.34. The minimum absolute atomic E-state index is 0.0489. The third-order valence-corrected chi connectivity index (χ3v) is 3.25. The zero-order valence-corrected chi connectivity index (χ0v) is 11.6. The van der Waals surface area contributed by atoms with Crippen LogP contribution in [0.2, 0.25) is 0 Å². The average molecular weight is 279 g/mol. The first-order valence-electron chi connectivity index (χ1n) is 6.54. The van der Waals surface area contributed by atoms with Crippen molar-refractivity contribution in [3.8, 4) is 0 Å². The molecule has 1 aromatic carbocycles. The van der Waals surface area contributed by atoms with E-state index in [0.29, 0.717) is 5.69 Å². The van der Waals surface area contributed by atoms with E-state index >= 15 is 0 Å². The highest BCUT2D eigenvalue weighted by atomic mass is 19.1. The SMILES string of the molecule is CN(C)C(=O)c1cc(NC(=O)C2CCCN2)ccc1F. The van der Waals surface area contributed by atoms with E-state index in [1.54, 1.807) is 14.1 Å². The summed E-state index contributed by atoms with van der Waals surface area (Å²) in [5.74, 6) is -1.18. The second-order valence-electron chi connectivity index (χ2n) is 5.03. The highest BCUT2D eigenvalue weighted by molar-refractivity contribution is 5.98. The summed E-state index contributed by atoms with van der Waals surface area (Å²) in [6.45, 7) is 0.825. The van der Waals surface area contributed by atoms with E-state index in [2.05, 4.69) is 10.6 Å². The molecule has 2 N–H and O–H groups in total. The van der Waals surface area contributed by atoms with Crippen molar-refractivity contribution in [1.29, 1.82) is 0 Å². The second-order valence-corrected chi connectivity index (χ2v) is 5.03. The average Bonchev–Trinajstić information content (AvgIpc) is 2.94. The Hall–Kier alpha value is -1.95. The molecule has 1 unspecified atom stereocenters. The van der Waals surface area contributed by atoms with Crippen molar-refractivity contribution in [2.24, 2.45) is 0 Å². The second kappa shape index (κ2) is 6.00. The van der Waals surface area contributed by atoms with Crippen molar-refractivity contribution in [3.63, 3.8) is 0 Å². The lowest BCUT2D eigenvalue weighted by atomic mass is 10.1. The predicted octanol–water partition coefficient (Wildman–Crippen LogP) is 1.22. The Balaban J connectivity index is 2.14. The van der Waals surface area contributed by atoms with Crippen molar-refractivity contribution < 1.29 is 14.0 Å². The molecule has 0 saturated carbocycles. The summed E-state index contributed by atoms with van der Waals surface area (Å²) in [5.41, 5.74) is 0.377. The molecule has 1 atom stereocenters. The van der Waals surface area contributed by atoms with Crippen LogP contribution >= 0.6 is 0 Å². The highest BCUT2D eigenvalue weighted by Crippen LogP contribution is 2.17. The molecule has 1 fully saturated rings. The third-order valence-electron chi connectivity index (χ3n) is 3.25. The van der Waals surface area contributed by atoms with Crippen LogP contribution in [0.5, 0.6) is 0 Å². The van der Waals surface area contributed by atoms with Crippen LogP contribution in [-0.2, 0) is 4.79 Å². The van der Waals surface area contributed by atoms with E-state index in [9.17, 15) is 14.0 Å². The van der Waals surface area contributed by atoms with Gasteiger partial charge in [-0.05, 0) is 37.6 Å². The Morgan fingerprint density at radius 2 is 2.15 bits per heavy atom. The fraction of sp³-hybridized carbons (Fsp3) is 0.429. The Morgan fingerprint density at radius 1 is 1.40 bits per heavy atom. The number of amides is 2. The van der Waals surface area contributed by atoms with Gasteiger partial charge >= 0.3 is 0 Å². The molecule has 1 aromatic rings. The first kappa shape index (κ1) is 14.5.